The van der Waals surface area contributed by atoms with Gasteiger partial charge < -0.3 is 4.57 Å². The lowest BCUT2D eigenvalue weighted by Gasteiger charge is -2.04. The smallest absolute Gasteiger partial charge is 0.314 e. The highest BCUT2D eigenvalue weighted by Gasteiger charge is 2.18. The van der Waals surface area contributed by atoms with E-state index in [0.29, 0.717) is 23.5 Å². The van der Waals surface area contributed by atoms with E-state index in [0.717, 1.165) is 12.2 Å². The third-order valence-electron chi connectivity index (χ3n) is 3.77. The molecule has 0 saturated carbocycles. The van der Waals surface area contributed by atoms with Crippen molar-refractivity contribution >= 4 is 16.9 Å². The van der Waals surface area contributed by atoms with Gasteiger partial charge in [0.1, 0.15) is 0 Å². The Morgan fingerprint density at radius 2 is 1.80 bits per heavy atom. The van der Waals surface area contributed by atoms with E-state index in [4.69, 9.17) is 0 Å². The molecule has 0 aliphatic carbocycles. The number of rotatable bonds is 2. The van der Waals surface area contributed by atoms with Crippen LogP contribution in [0.25, 0.3) is 16.9 Å². The monoisotopic (exact) mass is 275 g/mol. The van der Waals surface area contributed by atoms with E-state index in [1.165, 1.54) is 9.13 Å². The average Bonchev–Trinajstić information content (AvgIpc) is 2.91. The molecule has 0 saturated heterocycles. The summed E-state index contributed by atoms with van der Waals surface area (Å²) in [6.45, 7) is 6.90. The Hall–Kier alpha value is -2.31. The van der Waals surface area contributed by atoms with E-state index >= 15 is 0 Å². The first-order valence-corrected chi connectivity index (χ1v) is 6.69. The molecule has 0 spiro atoms. The van der Waals surface area contributed by atoms with Gasteiger partial charge in [-0.15, -0.1) is 0 Å². The predicted molar refractivity (Wildman–Crippen MR) is 76.3 cm³/mol. The van der Waals surface area contributed by atoms with E-state index in [1.54, 1.807) is 18.4 Å². The lowest BCUT2D eigenvalue weighted by molar-refractivity contribution is 0.637. The van der Waals surface area contributed by atoms with E-state index in [2.05, 4.69) is 4.98 Å². The molecular formula is C13H17N5O2. The Balaban J connectivity index is 2.64. The summed E-state index contributed by atoms with van der Waals surface area (Å²) in [7, 11) is 1.64. The van der Waals surface area contributed by atoms with Crippen LogP contribution in [0.5, 0.6) is 0 Å². The van der Waals surface area contributed by atoms with Crippen molar-refractivity contribution in [2.75, 3.05) is 0 Å². The van der Waals surface area contributed by atoms with Gasteiger partial charge >= 0.3 is 5.69 Å². The second-order valence-electron chi connectivity index (χ2n) is 4.86. The van der Waals surface area contributed by atoms with E-state index in [1.807, 2.05) is 24.6 Å². The number of aryl methyl sites for hydroxylation is 3. The van der Waals surface area contributed by atoms with Crippen LogP contribution in [-0.4, -0.2) is 23.1 Å². The van der Waals surface area contributed by atoms with Crippen molar-refractivity contribution in [3.8, 4) is 0 Å². The molecule has 3 rings (SSSR count). The Morgan fingerprint density at radius 3 is 2.40 bits per heavy atom. The maximum absolute atomic E-state index is 12.5. The van der Waals surface area contributed by atoms with Gasteiger partial charge in [0, 0.05) is 32.0 Å². The molecule has 3 aromatic heterocycles. The van der Waals surface area contributed by atoms with Crippen LogP contribution < -0.4 is 11.2 Å². The average molecular weight is 275 g/mol. The maximum atomic E-state index is 12.5. The van der Waals surface area contributed by atoms with Gasteiger partial charge in [-0.25, -0.2) is 4.79 Å². The normalized spacial score (nSPS) is 11.8. The second-order valence-corrected chi connectivity index (χ2v) is 4.86. The first-order chi connectivity index (χ1) is 9.51. The van der Waals surface area contributed by atoms with Gasteiger partial charge in [0.15, 0.2) is 11.2 Å². The van der Waals surface area contributed by atoms with Crippen molar-refractivity contribution < 1.29 is 0 Å². The number of imidazole rings is 2. The van der Waals surface area contributed by atoms with Crippen LogP contribution in [0.3, 0.4) is 0 Å². The van der Waals surface area contributed by atoms with Crippen LogP contribution in [0, 0.1) is 6.92 Å². The SMILES string of the molecule is CCn1c(=O)c2c(nc3n(CC)c(C)cn23)n(C)c1=O. The van der Waals surface area contributed by atoms with Gasteiger partial charge in [-0.3, -0.25) is 18.3 Å². The summed E-state index contributed by atoms with van der Waals surface area (Å²) in [6.07, 6.45) is 1.89. The Bertz CT molecular complexity index is 938. The first-order valence-electron chi connectivity index (χ1n) is 6.69. The first kappa shape index (κ1) is 12.7. The van der Waals surface area contributed by atoms with Crippen molar-refractivity contribution in [1.29, 1.82) is 0 Å². The molecule has 0 atom stereocenters. The number of fused-ring (bicyclic) bond motifs is 3. The Morgan fingerprint density at radius 1 is 1.15 bits per heavy atom. The van der Waals surface area contributed by atoms with Crippen molar-refractivity contribution in [2.45, 2.75) is 33.9 Å². The van der Waals surface area contributed by atoms with E-state index in [-0.39, 0.29) is 11.2 Å². The third kappa shape index (κ3) is 1.37. The quantitative estimate of drug-likeness (QED) is 0.684. The van der Waals surface area contributed by atoms with Crippen LogP contribution in [0.4, 0.5) is 0 Å². The molecule has 0 bridgehead atoms. The van der Waals surface area contributed by atoms with Crippen LogP contribution in [0.2, 0.25) is 0 Å². The fraction of sp³-hybridized carbons (Fsp3) is 0.462. The Labute approximate surface area is 114 Å². The molecule has 7 nitrogen and oxygen atoms in total. The van der Waals surface area contributed by atoms with Gasteiger partial charge in [-0.05, 0) is 20.8 Å². The topological polar surface area (TPSA) is 66.2 Å². The van der Waals surface area contributed by atoms with E-state index < -0.39 is 0 Å². The molecule has 0 unspecified atom stereocenters. The fourth-order valence-corrected chi connectivity index (χ4v) is 2.72. The summed E-state index contributed by atoms with van der Waals surface area (Å²) < 4.78 is 6.46. The molecule has 0 aliphatic rings. The Kier molecular flexibility index (Phi) is 2.60. The molecule has 0 aromatic carbocycles. The molecule has 3 heterocycles. The zero-order valence-electron chi connectivity index (χ0n) is 12.0. The molecule has 7 heteroatoms. The molecule has 106 valence electrons. The highest BCUT2D eigenvalue weighted by atomic mass is 16.2. The number of hydrogen-bond donors (Lipinski definition) is 0. The molecule has 0 fully saturated rings. The lowest BCUT2D eigenvalue weighted by atomic mass is 10.4. The summed E-state index contributed by atoms with van der Waals surface area (Å²) in [6, 6.07) is 0. The van der Waals surface area contributed by atoms with Gasteiger partial charge in [-0.2, -0.15) is 4.98 Å². The summed E-state index contributed by atoms with van der Waals surface area (Å²) in [5.41, 5.74) is 1.31. The van der Waals surface area contributed by atoms with Crippen LogP contribution in [0.15, 0.2) is 15.8 Å². The summed E-state index contributed by atoms with van der Waals surface area (Å²) in [5.74, 6) is 0.695. The molecule has 3 aromatic rings. The number of aromatic nitrogens is 5. The van der Waals surface area contributed by atoms with Crippen LogP contribution in [-0.2, 0) is 20.1 Å². The van der Waals surface area contributed by atoms with Gasteiger partial charge in [0.05, 0.1) is 0 Å². The van der Waals surface area contributed by atoms with Crippen molar-refractivity contribution in [3.05, 3.63) is 32.7 Å². The minimum Gasteiger partial charge on any atom is -0.314 e. The minimum absolute atomic E-state index is 0.286. The molecule has 0 N–H and O–H groups in total. The third-order valence-corrected chi connectivity index (χ3v) is 3.77. The molecule has 20 heavy (non-hydrogen) atoms. The summed E-state index contributed by atoms with van der Waals surface area (Å²) in [5, 5.41) is 0. The maximum Gasteiger partial charge on any atom is 0.332 e. The van der Waals surface area contributed by atoms with Crippen molar-refractivity contribution in [1.82, 2.24) is 23.1 Å². The largest absolute Gasteiger partial charge is 0.332 e. The molecular weight excluding hydrogens is 258 g/mol. The van der Waals surface area contributed by atoms with E-state index in [9.17, 15) is 9.59 Å². The van der Waals surface area contributed by atoms with Gasteiger partial charge in [0.2, 0.25) is 5.78 Å². The lowest BCUT2D eigenvalue weighted by Crippen LogP contribution is -2.38. The highest BCUT2D eigenvalue weighted by Crippen LogP contribution is 2.15. The minimum atomic E-state index is -0.328. The molecule has 0 aliphatic heterocycles. The van der Waals surface area contributed by atoms with Crippen LogP contribution in [0.1, 0.15) is 19.5 Å². The van der Waals surface area contributed by atoms with Gasteiger partial charge in [-0.1, -0.05) is 0 Å². The summed E-state index contributed by atoms with van der Waals surface area (Å²) >= 11 is 0. The number of hydrogen-bond acceptors (Lipinski definition) is 3. The second kappa shape index (κ2) is 4.09. The molecule has 0 radical (unpaired) electrons. The predicted octanol–water partition coefficient (Wildman–Crippen LogP) is 0.498. The summed E-state index contributed by atoms with van der Waals surface area (Å²) in [4.78, 5) is 29.1. The fourth-order valence-electron chi connectivity index (χ4n) is 2.72. The van der Waals surface area contributed by atoms with Crippen molar-refractivity contribution in [2.24, 2.45) is 7.05 Å². The molecule has 0 amide bonds. The zero-order valence-corrected chi connectivity index (χ0v) is 12.0. The van der Waals surface area contributed by atoms with Crippen LogP contribution >= 0.6 is 0 Å². The van der Waals surface area contributed by atoms with Gasteiger partial charge in [0.25, 0.3) is 5.56 Å². The standard InChI is InChI=1S/C13H17N5O2/c1-5-16-8(3)7-18-9-10(14-12(16)18)15(4)13(20)17(6-2)11(9)19/h7H,5-6H2,1-4H3. The zero-order chi connectivity index (χ0) is 14.6. The number of nitrogens with zero attached hydrogens (tertiary/aromatic N) is 5. The highest BCUT2D eigenvalue weighted by molar-refractivity contribution is 5.75. The van der Waals surface area contributed by atoms with Crippen molar-refractivity contribution in [3.63, 3.8) is 0 Å².